The number of allylic oxidation sites excluding steroid dienone is 1. The minimum Gasteiger partial charge on any atom is -0.463 e. The largest absolute Gasteiger partial charge is 0.463 e. The number of fused-ring (bicyclic) bond motifs is 1. The molecule has 0 atom stereocenters. The van der Waals surface area contributed by atoms with Crippen LogP contribution in [0.2, 0.25) is 0 Å². The molecule has 3 rings (SSSR count). The Bertz CT molecular complexity index is 1020. The third kappa shape index (κ3) is 4.03. The van der Waals surface area contributed by atoms with Gasteiger partial charge in [-0.1, -0.05) is 29.8 Å². The van der Waals surface area contributed by atoms with Gasteiger partial charge in [0.15, 0.2) is 5.65 Å². The van der Waals surface area contributed by atoms with E-state index in [-0.39, 0.29) is 6.61 Å². The van der Waals surface area contributed by atoms with Gasteiger partial charge in [-0.15, -0.1) is 0 Å². The Labute approximate surface area is 156 Å². The molecule has 3 aromatic rings. The Kier molecular flexibility index (Phi) is 5.30. The highest BCUT2D eigenvalue weighted by molar-refractivity contribution is 6.01. The minimum atomic E-state index is -0.505. The Morgan fingerprint density at radius 2 is 1.96 bits per heavy atom. The molecule has 7 nitrogen and oxygen atoms in total. The van der Waals surface area contributed by atoms with E-state index in [0.717, 1.165) is 16.8 Å². The highest BCUT2D eigenvalue weighted by atomic mass is 16.5. The van der Waals surface area contributed by atoms with Crippen molar-refractivity contribution in [2.24, 2.45) is 0 Å². The van der Waals surface area contributed by atoms with Crippen molar-refractivity contribution in [2.75, 3.05) is 6.61 Å². The fourth-order valence-corrected chi connectivity index (χ4v) is 2.64. The first kappa shape index (κ1) is 18.3. The Hall–Kier alpha value is -3.48. The second-order valence-corrected chi connectivity index (χ2v) is 6.02. The molecule has 0 unspecified atom stereocenters. The van der Waals surface area contributed by atoms with Gasteiger partial charge in [-0.25, -0.2) is 14.3 Å². The molecule has 0 fully saturated rings. The normalized spacial score (nSPS) is 11.4. The smallest absolute Gasteiger partial charge is 0.332 e. The molecule has 0 aliphatic carbocycles. The number of rotatable bonds is 5. The first-order valence-corrected chi connectivity index (χ1v) is 8.55. The highest BCUT2D eigenvalue weighted by Crippen LogP contribution is 2.21. The molecule has 2 aromatic heterocycles. The van der Waals surface area contributed by atoms with Crippen LogP contribution < -0.4 is 5.32 Å². The number of aryl methyl sites for hydroxylation is 1. The van der Waals surface area contributed by atoms with Gasteiger partial charge in [-0.05, 0) is 26.8 Å². The lowest BCUT2D eigenvalue weighted by Crippen LogP contribution is -2.22. The maximum Gasteiger partial charge on any atom is 0.332 e. The van der Waals surface area contributed by atoms with Crippen LogP contribution in [0, 0.1) is 6.92 Å². The summed E-state index contributed by atoms with van der Waals surface area (Å²) in [5.74, 6) is -0.897. The molecule has 0 spiro atoms. The average molecular weight is 364 g/mol. The van der Waals surface area contributed by atoms with Gasteiger partial charge in [-0.2, -0.15) is 5.10 Å². The number of esters is 1. The number of amides is 1. The number of benzene rings is 1. The number of nitrogens with zero attached hydrogens (tertiary/aromatic N) is 3. The lowest BCUT2D eigenvalue weighted by Gasteiger charge is -2.06. The number of hydrogen-bond acceptors (Lipinski definition) is 5. The van der Waals surface area contributed by atoms with E-state index in [9.17, 15) is 9.59 Å². The molecule has 2 heterocycles. The summed E-state index contributed by atoms with van der Waals surface area (Å²) in [6.45, 7) is 5.63. The molecular weight excluding hydrogens is 344 g/mol. The highest BCUT2D eigenvalue weighted by Gasteiger charge is 2.16. The van der Waals surface area contributed by atoms with E-state index in [1.54, 1.807) is 24.6 Å². The van der Waals surface area contributed by atoms with Gasteiger partial charge in [0.05, 0.1) is 18.5 Å². The maximum atomic E-state index is 12.6. The first-order valence-electron chi connectivity index (χ1n) is 8.55. The second-order valence-electron chi connectivity index (χ2n) is 6.02. The monoisotopic (exact) mass is 364 g/mol. The van der Waals surface area contributed by atoms with Crippen LogP contribution in [0.4, 0.5) is 0 Å². The van der Waals surface area contributed by atoms with Gasteiger partial charge in [0.25, 0.3) is 5.91 Å². The summed E-state index contributed by atoms with van der Waals surface area (Å²) in [5.41, 5.74) is 4.11. The van der Waals surface area contributed by atoms with E-state index in [1.165, 1.54) is 12.3 Å². The van der Waals surface area contributed by atoms with E-state index >= 15 is 0 Å². The molecule has 27 heavy (non-hydrogen) atoms. The van der Waals surface area contributed by atoms with Crippen molar-refractivity contribution >= 4 is 17.5 Å². The van der Waals surface area contributed by atoms with Gasteiger partial charge in [0.2, 0.25) is 0 Å². The first-order chi connectivity index (χ1) is 13.0. The van der Waals surface area contributed by atoms with Crippen LogP contribution in [0.1, 0.15) is 29.8 Å². The molecule has 0 aliphatic rings. The summed E-state index contributed by atoms with van der Waals surface area (Å²) in [4.78, 5) is 28.3. The van der Waals surface area contributed by atoms with E-state index < -0.39 is 11.9 Å². The molecule has 138 valence electrons. The molecule has 0 radical (unpaired) electrons. The number of hydrogen-bond donors (Lipinski definition) is 1. The molecule has 0 saturated heterocycles. The van der Waals surface area contributed by atoms with Gasteiger partial charge in [0, 0.05) is 23.5 Å². The fourth-order valence-electron chi connectivity index (χ4n) is 2.64. The van der Waals surface area contributed by atoms with Crippen molar-refractivity contribution in [3.05, 3.63) is 65.6 Å². The summed E-state index contributed by atoms with van der Waals surface area (Å²) in [6.07, 6.45) is 4.34. The quantitative estimate of drug-likeness (QED) is 0.556. The third-order valence-corrected chi connectivity index (χ3v) is 3.92. The second kappa shape index (κ2) is 7.82. The SMILES string of the molecule is CCOC(=O)/C=C(\C)NC(=O)c1cnn2c(-c3ccc(C)cc3)ccnc12. The van der Waals surface area contributed by atoms with Gasteiger partial charge >= 0.3 is 5.97 Å². The Morgan fingerprint density at radius 3 is 2.67 bits per heavy atom. The van der Waals surface area contributed by atoms with Crippen LogP contribution in [-0.2, 0) is 9.53 Å². The molecule has 7 heteroatoms. The van der Waals surface area contributed by atoms with Crippen molar-refractivity contribution in [1.29, 1.82) is 0 Å². The van der Waals surface area contributed by atoms with Gasteiger partial charge < -0.3 is 10.1 Å². The molecular formula is C20H20N4O3. The topological polar surface area (TPSA) is 85.6 Å². The Balaban J connectivity index is 1.90. The molecule has 0 saturated carbocycles. The summed E-state index contributed by atoms with van der Waals surface area (Å²) < 4.78 is 6.46. The molecule has 1 N–H and O–H groups in total. The predicted molar refractivity (Wildman–Crippen MR) is 101 cm³/mol. The van der Waals surface area contributed by atoms with Crippen LogP contribution in [-0.4, -0.2) is 33.1 Å². The average Bonchev–Trinajstić information content (AvgIpc) is 3.06. The summed E-state index contributed by atoms with van der Waals surface area (Å²) in [5, 5.41) is 6.98. The Morgan fingerprint density at radius 1 is 1.22 bits per heavy atom. The van der Waals surface area contributed by atoms with Crippen LogP contribution >= 0.6 is 0 Å². The standard InChI is InChI=1S/C20H20N4O3/c1-4-27-18(25)11-14(3)23-20(26)16-12-22-24-17(9-10-21-19(16)24)15-7-5-13(2)6-8-15/h5-12H,4H2,1-3H3,(H,23,26)/b14-11+. The number of nitrogens with one attached hydrogen (secondary N) is 1. The van der Waals surface area contributed by atoms with Crippen molar-refractivity contribution in [2.45, 2.75) is 20.8 Å². The number of carbonyl (C=O) groups excluding carboxylic acids is 2. The van der Waals surface area contributed by atoms with Crippen molar-refractivity contribution in [3.8, 4) is 11.3 Å². The molecule has 1 aromatic carbocycles. The van der Waals surface area contributed by atoms with E-state index in [0.29, 0.717) is 16.9 Å². The fraction of sp³-hybridized carbons (Fsp3) is 0.200. The van der Waals surface area contributed by atoms with Crippen LogP contribution in [0.3, 0.4) is 0 Å². The zero-order valence-corrected chi connectivity index (χ0v) is 15.4. The third-order valence-electron chi connectivity index (χ3n) is 3.92. The van der Waals surface area contributed by atoms with Gasteiger partial charge in [0.1, 0.15) is 5.56 Å². The molecule has 1 amide bonds. The van der Waals surface area contributed by atoms with Gasteiger partial charge in [-0.3, -0.25) is 4.79 Å². The summed E-state index contributed by atoms with van der Waals surface area (Å²) in [7, 11) is 0. The van der Waals surface area contributed by atoms with Crippen molar-refractivity contribution in [1.82, 2.24) is 19.9 Å². The lowest BCUT2D eigenvalue weighted by molar-refractivity contribution is -0.137. The lowest BCUT2D eigenvalue weighted by atomic mass is 10.1. The summed E-state index contributed by atoms with van der Waals surface area (Å²) >= 11 is 0. The molecule has 0 aliphatic heterocycles. The number of aromatic nitrogens is 3. The van der Waals surface area contributed by atoms with Crippen molar-refractivity contribution in [3.63, 3.8) is 0 Å². The van der Waals surface area contributed by atoms with E-state index in [2.05, 4.69) is 15.4 Å². The van der Waals surface area contributed by atoms with E-state index in [4.69, 9.17) is 4.74 Å². The summed E-state index contributed by atoms with van der Waals surface area (Å²) in [6, 6.07) is 9.87. The number of ether oxygens (including phenoxy) is 1. The molecule has 0 bridgehead atoms. The predicted octanol–water partition coefficient (Wildman–Crippen LogP) is 2.90. The maximum absolute atomic E-state index is 12.6. The zero-order chi connectivity index (χ0) is 19.4. The van der Waals surface area contributed by atoms with Crippen LogP contribution in [0.5, 0.6) is 0 Å². The van der Waals surface area contributed by atoms with Crippen LogP contribution in [0.15, 0.2) is 54.5 Å². The van der Waals surface area contributed by atoms with Crippen LogP contribution in [0.25, 0.3) is 16.9 Å². The zero-order valence-electron chi connectivity index (χ0n) is 15.4. The number of carbonyl (C=O) groups is 2. The minimum absolute atomic E-state index is 0.274. The van der Waals surface area contributed by atoms with Crippen molar-refractivity contribution < 1.29 is 14.3 Å². The van der Waals surface area contributed by atoms with E-state index in [1.807, 2.05) is 37.3 Å².